The molecule has 1 atom stereocenters. The van der Waals surface area contributed by atoms with Crippen LogP contribution in [0.4, 0.5) is 0 Å². The van der Waals surface area contributed by atoms with Gasteiger partial charge in [-0.3, -0.25) is 4.79 Å². The predicted molar refractivity (Wildman–Crippen MR) is 55.8 cm³/mol. The molecule has 0 spiro atoms. The van der Waals surface area contributed by atoms with Gasteiger partial charge in [-0.1, -0.05) is 17.7 Å². The molecule has 0 fully saturated rings. The number of carbonyl (C=O) groups is 1. The van der Waals surface area contributed by atoms with Gasteiger partial charge in [-0.15, -0.1) is 0 Å². The monoisotopic (exact) mass is 225 g/mol. The van der Waals surface area contributed by atoms with Crippen LogP contribution in [0.3, 0.4) is 0 Å². The number of hydrogen-bond acceptors (Lipinski definition) is 3. The molecule has 0 saturated heterocycles. The first-order valence-electron chi connectivity index (χ1n) is 4.26. The molecular weight excluding hydrogens is 218 g/mol. The first-order chi connectivity index (χ1) is 7.09. The van der Waals surface area contributed by atoms with Crippen molar-refractivity contribution >= 4 is 28.5 Å². The van der Waals surface area contributed by atoms with Crippen molar-refractivity contribution in [2.75, 3.05) is 0 Å². The minimum atomic E-state index is -1.16. The molecule has 2 aromatic rings. The lowest BCUT2D eigenvalue weighted by Gasteiger charge is -1.99. The molecule has 0 radical (unpaired) electrons. The van der Waals surface area contributed by atoms with Gasteiger partial charge < -0.3 is 15.3 Å². The highest BCUT2D eigenvalue weighted by atomic mass is 35.5. The standard InChI is InChI=1S/C10H8ClNO3/c11-6-2-1-3-7-5(6)4-8(15-7)9(12)10(13)14/h1-4,9H,12H2,(H,13,14). The molecule has 1 aromatic heterocycles. The zero-order valence-electron chi connectivity index (χ0n) is 7.61. The molecule has 0 aliphatic heterocycles. The van der Waals surface area contributed by atoms with Crippen molar-refractivity contribution in [1.82, 2.24) is 0 Å². The van der Waals surface area contributed by atoms with E-state index in [0.717, 1.165) is 0 Å². The molecule has 3 N–H and O–H groups in total. The van der Waals surface area contributed by atoms with E-state index in [-0.39, 0.29) is 5.76 Å². The van der Waals surface area contributed by atoms with Crippen LogP contribution in [0, 0.1) is 0 Å². The Hall–Kier alpha value is -1.52. The summed E-state index contributed by atoms with van der Waals surface area (Å²) in [7, 11) is 0. The van der Waals surface area contributed by atoms with Crippen LogP contribution < -0.4 is 5.73 Å². The molecular formula is C10H8ClNO3. The molecule has 0 aliphatic rings. The number of halogens is 1. The van der Waals surface area contributed by atoms with Gasteiger partial charge in [0.25, 0.3) is 0 Å². The Morgan fingerprint density at radius 1 is 1.53 bits per heavy atom. The van der Waals surface area contributed by atoms with Crippen LogP contribution in [0.2, 0.25) is 5.02 Å². The molecule has 0 aliphatic carbocycles. The van der Waals surface area contributed by atoms with E-state index in [1.807, 2.05) is 0 Å². The number of carboxylic acid groups (broad SMARTS) is 1. The maximum absolute atomic E-state index is 10.6. The molecule has 0 saturated carbocycles. The van der Waals surface area contributed by atoms with Crippen molar-refractivity contribution in [1.29, 1.82) is 0 Å². The summed E-state index contributed by atoms with van der Waals surface area (Å²) >= 11 is 5.91. The second-order valence-corrected chi connectivity index (χ2v) is 3.52. The van der Waals surface area contributed by atoms with Crippen molar-refractivity contribution in [3.05, 3.63) is 35.0 Å². The first-order valence-corrected chi connectivity index (χ1v) is 4.63. The van der Waals surface area contributed by atoms with Crippen LogP contribution in [0.5, 0.6) is 0 Å². The number of rotatable bonds is 2. The lowest BCUT2D eigenvalue weighted by atomic mass is 10.2. The largest absolute Gasteiger partial charge is 0.480 e. The lowest BCUT2D eigenvalue weighted by molar-refractivity contribution is -0.139. The van der Waals surface area contributed by atoms with Gasteiger partial charge in [0, 0.05) is 5.39 Å². The SMILES string of the molecule is NC(C(=O)O)c1cc2c(Cl)cccc2o1. The first kappa shape index (κ1) is 10.0. The van der Waals surface area contributed by atoms with E-state index >= 15 is 0 Å². The number of hydrogen-bond donors (Lipinski definition) is 2. The van der Waals surface area contributed by atoms with Gasteiger partial charge in [0.05, 0.1) is 5.02 Å². The highest BCUT2D eigenvalue weighted by molar-refractivity contribution is 6.35. The third kappa shape index (κ3) is 1.69. The van der Waals surface area contributed by atoms with Crippen LogP contribution in [0.25, 0.3) is 11.0 Å². The maximum atomic E-state index is 10.6. The smallest absolute Gasteiger partial charge is 0.328 e. The summed E-state index contributed by atoms with van der Waals surface area (Å²) in [6.07, 6.45) is 0. The van der Waals surface area contributed by atoms with Gasteiger partial charge in [-0.05, 0) is 18.2 Å². The van der Waals surface area contributed by atoms with Crippen molar-refractivity contribution in [2.45, 2.75) is 6.04 Å². The molecule has 15 heavy (non-hydrogen) atoms. The molecule has 1 unspecified atom stereocenters. The Morgan fingerprint density at radius 3 is 2.87 bits per heavy atom. The fourth-order valence-corrected chi connectivity index (χ4v) is 1.54. The van der Waals surface area contributed by atoms with E-state index in [1.165, 1.54) is 0 Å². The number of aliphatic carboxylic acids is 1. The zero-order chi connectivity index (χ0) is 11.0. The van der Waals surface area contributed by atoms with Gasteiger partial charge in [-0.2, -0.15) is 0 Å². The highest BCUT2D eigenvalue weighted by Crippen LogP contribution is 2.28. The molecule has 78 valence electrons. The fraction of sp³-hybridized carbons (Fsp3) is 0.100. The minimum Gasteiger partial charge on any atom is -0.480 e. The second-order valence-electron chi connectivity index (χ2n) is 3.12. The molecule has 0 bridgehead atoms. The topological polar surface area (TPSA) is 76.5 Å². The van der Waals surface area contributed by atoms with Crippen molar-refractivity contribution in [2.24, 2.45) is 5.73 Å². The van der Waals surface area contributed by atoms with Crippen LogP contribution in [0.1, 0.15) is 11.8 Å². The molecule has 2 rings (SSSR count). The Bertz CT molecular complexity index is 520. The average Bonchev–Trinajstić information content (AvgIpc) is 2.61. The van der Waals surface area contributed by atoms with E-state index in [9.17, 15) is 4.79 Å². The summed E-state index contributed by atoms with van der Waals surface area (Å²) in [5.41, 5.74) is 5.95. The molecule has 4 nitrogen and oxygen atoms in total. The van der Waals surface area contributed by atoms with Crippen LogP contribution >= 0.6 is 11.6 Å². The third-order valence-corrected chi connectivity index (χ3v) is 2.43. The van der Waals surface area contributed by atoms with Gasteiger partial charge in [0.15, 0.2) is 6.04 Å². The number of nitrogens with two attached hydrogens (primary N) is 1. The van der Waals surface area contributed by atoms with Crippen molar-refractivity contribution < 1.29 is 14.3 Å². The zero-order valence-corrected chi connectivity index (χ0v) is 8.36. The second kappa shape index (κ2) is 3.56. The molecule has 5 heteroatoms. The normalized spacial score (nSPS) is 12.9. The van der Waals surface area contributed by atoms with E-state index in [0.29, 0.717) is 16.0 Å². The summed E-state index contributed by atoms with van der Waals surface area (Å²) in [5.74, 6) is -0.934. The van der Waals surface area contributed by atoms with Gasteiger partial charge in [0.2, 0.25) is 0 Å². The highest BCUT2D eigenvalue weighted by Gasteiger charge is 2.19. The third-order valence-electron chi connectivity index (χ3n) is 2.10. The number of carboxylic acids is 1. The molecule has 0 amide bonds. The van der Waals surface area contributed by atoms with Crippen molar-refractivity contribution in [3.63, 3.8) is 0 Å². The summed E-state index contributed by atoms with van der Waals surface area (Å²) < 4.78 is 5.28. The Kier molecular flexibility index (Phi) is 2.38. The minimum absolute atomic E-state index is 0.200. The van der Waals surface area contributed by atoms with Crippen LogP contribution in [-0.4, -0.2) is 11.1 Å². The number of furan rings is 1. The summed E-state index contributed by atoms with van der Waals surface area (Å²) in [4.78, 5) is 10.6. The molecule has 1 aromatic carbocycles. The molecule has 1 heterocycles. The van der Waals surface area contributed by atoms with Crippen LogP contribution in [0.15, 0.2) is 28.7 Å². The van der Waals surface area contributed by atoms with Gasteiger partial charge in [0.1, 0.15) is 11.3 Å². The Balaban J connectivity index is 2.56. The van der Waals surface area contributed by atoms with Crippen LogP contribution in [-0.2, 0) is 4.79 Å². The number of fused-ring (bicyclic) bond motifs is 1. The maximum Gasteiger partial charge on any atom is 0.328 e. The quantitative estimate of drug-likeness (QED) is 0.821. The lowest BCUT2D eigenvalue weighted by Crippen LogP contribution is -2.19. The average molecular weight is 226 g/mol. The van der Waals surface area contributed by atoms with E-state index in [2.05, 4.69) is 0 Å². The van der Waals surface area contributed by atoms with Gasteiger partial charge in [-0.25, -0.2) is 0 Å². The summed E-state index contributed by atoms with van der Waals surface area (Å²) in [6.45, 7) is 0. The van der Waals surface area contributed by atoms with Crippen molar-refractivity contribution in [3.8, 4) is 0 Å². The predicted octanol–water partition coefficient (Wildman–Crippen LogP) is 2.17. The number of benzene rings is 1. The van der Waals surface area contributed by atoms with E-state index in [4.69, 9.17) is 26.9 Å². The summed E-state index contributed by atoms with van der Waals surface area (Å²) in [5, 5.41) is 9.90. The Morgan fingerprint density at radius 2 is 2.27 bits per heavy atom. The van der Waals surface area contributed by atoms with E-state index < -0.39 is 12.0 Å². The fourth-order valence-electron chi connectivity index (χ4n) is 1.32. The van der Waals surface area contributed by atoms with Gasteiger partial charge >= 0.3 is 5.97 Å². The Labute approximate surface area is 90.2 Å². The summed E-state index contributed by atoms with van der Waals surface area (Å²) in [6, 6.07) is 5.53. The van der Waals surface area contributed by atoms with E-state index in [1.54, 1.807) is 24.3 Å².